The van der Waals surface area contributed by atoms with Gasteiger partial charge in [-0.15, -0.1) is 0 Å². The molecule has 3 rings (SSSR count). The van der Waals surface area contributed by atoms with Crippen molar-refractivity contribution in [1.29, 1.82) is 0 Å². The molecule has 0 aliphatic heterocycles. The molecule has 0 aliphatic rings. The molecule has 0 saturated heterocycles. The molecule has 0 fully saturated rings. The molecule has 2 N–H and O–H groups in total. The van der Waals surface area contributed by atoms with Crippen molar-refractivity contribution in [2.75, 3.05) is 5.73 Å². The Morgan fingerprint density at radius 3 is 2.94 bits per heavy atom. The first-order valence-electron chi connectivity index (χ1n) is 4.75. The van der Waals surface area contributed by atoms with Crippen molar-refractivity contribution in [2.45, 2.75) is 0 Å². The van der Waals surface area contributed by atoms with Gasteiger partial charge in [0.1, 0.15) is 17.9 Å². The van der Waals surface area contributed by atoms with Crippen molar-refractivity contribution in [3.63, 3.8) is 0 Å². The number of nitrogens with two attached hydrogens (primary N) is 1. The third kappa shape index (κ3) is 1.30. The molecule has 3 aromatic rings. The number of anilines is 1. The topological polar surface area (TPSA) is 77.8 Å². The van der Waals surface area contributed by atoms with Crippen LogP contribution in [0.5, 0.6) is 0 Å². The summed E-state index contributed by atoms with van der Waals surface area (Å²) in [5.74, 6) is 1.11. The number of aromatic nitrogens is 3. The Hall–Kier alpha value is -2.43. The predicted octanol–water partition coefficient (Wildman–Crippen LogP) is 1.87. The van der Waals surface area contributed by atoms with Gasteiger partial charge in [0, 0.05) is 18.0 Å². The van der Waals surface area contributed by atoms with Crippen LogP contribution in [0.1, 0.15) is 0 Å². The number of nitrogens with zero attached hydrogens (tertiary/aromatic N) is 3. The Morgan fingerprint density at radius 2 is 2.19 bits per heavy atom. The van der Waals surface area contributed by atoms with Crippen LogP contribution >= 0.6 is 0 Å². The molecule has 0 bridgehead atoms. The van der Waals surface area contributed by atoms with Crippen LogP contribution in [-0.4, -0.2) is 15.0 Å². The van der Waals surface area contributed by atoms with Gasteiger partial charge in [-0.25, -0.2) is 9.97 Å². The molecular weight excluding hydrogens is 204 g/mol. The smallest absolute Gasteiger partial charge is 0.231 e. The van der Waals surface area contributed by atoms with E-state index in [2.05, 4.69) is 15.0 Å². The Labute approximate surface area is 91.0 Å². The van der Waals surface area contributed by atoms with Crippen molar-refractivity contribution in [3.8, 4) is 11.3 Å². The van der Waals surface area contributed by atoms with Gasteiger partial charge in [-0.3, -0.25) is 4.98 Å². The third-order valence-corrected chi connectivity index (χ3v) is 2.31. The zero-order chi connectivity index (χ0) is 11.0. The first-order valence-corrected chi connectivity index (χ1v) is 4.75. The van der Waals surface area contributed by atoms with Crippen LogP contribution in [0.2, 0.25) is 0 Å². The third-order valence-electron chi connectivity index (χ3n) is 2.31. The second kappa shape index (κ2) is 3.30. The van der Waals surface area contributed by atoms with E-state index in [-0.39, 0.29) is 0 Å². The summed E-state index contributed by atoms with van der Waals surface area (Å²) in [6, 6.07) is 5.58. The summed E-state index contributed by atoms with van der Waals surface area (Å²) in [7, 11) is 0. The molecule has 5 heteroatoms. The highest BCUT2D eigenvalue weighted by Gasteiger charge is 2.09. The zero-order valence-corrected chi connectivity index (χ0v) is 8.29. The minimum absolute atomic E-state index is 0.420. The molecule has 3 heterocycles. The number of fused-ring (bicyclic) bond motifs is 1. The van der Waals surface area contributed by atoms with Gasteiger partial charge in [-0.05, 0) is 18.2 Å². The van der Waals surface area contributed by atoms with Crippen LogP contribution in [0.15, 0.2) is 41.3 Å². The molecule has 0 unspecified atom stereocenters. The Kier molecular flexibility index (Phi) is 1.83. The Balaban J connectivity index is 2.23. The number of furan rings is 1. The fourth-order valence-electron chi connectivity index (χ4n) is 1.52. The second-order valence-electron chi connectivity index (χ2n) is 3.33. The average Bonchev–Trinajstić information content (AvgIpc) is 2.76. The number of nitrogen functional groups attached to an aromatic ring is 1. The molecule has 3 aromatic heterocycles. The van der Waals surface area contributed by atoms with Crippen molar-refractivity contribution in [1.82, 2.24) is 15.0 Å². The maximum Gasteiger partial charge on any atom is 0.231 e. The normalized spacial score (nSPS) is 10.8. The minimum Gasteiger partial charge on any atom is -0.437 e. The standard InChI is InChI=1S/C11H8N4O/c12-10-8-4-9(7-2-1-3-13-5-7)16-11(8)15-6-14-10/h1-6H,(H2,12,14,15). The van der Waals surface area contributed by atoms with Gasteiger partial charge < -0.3 is 10.2 Å². The van der Waals surface area contributed by atoms with E-state index in [4.69, 9.17) is 10.2 Å². The Morgan fingerprint density at radius 1 is 1.25 bits per heavy atom. The van der Waals surface area contributed by atoms with Crippen LogP contribution in [-0.2, 0) is 0 Å². The monoisotopic (exact) mass is 212 g/mol. The number of hydrogen-bond acceptors (Lipinski definition) is 5. The summed E-state index contributed by atoms with van der Waals surface area (Å²) < 4.78 is 5.56. The molecule has 0 aromatic carbocycles. The van der Waals surface area contributed by atoms with Gasteiger partial charge in [0.15, 0.2) is 0 Å². The van der Waals surface area contributed by atoms with E-state index in [0.717, 1.165) is 10.9 Å². The lowest BCUT2D eigenvalue weighted by Gasteiger charge is -1.92. The van der Waals surface area contributed by atoms with E-state index in [9.17, 15) is 0 Å². The van der Waals surface area contributed by atoms with E-state index >= 15 is 0 Å². The SMILES string of the molecule is Nc1ncnc2oc(-c3cccnc3)cc12. The van der Waals surface area contributed by atoms with Gasteiger partial charge in [-0.1, -0.05) is 0 Å². The number of pyridine rings is 1. The van der Waals surface area contributed by atoms with Crippen molar-refractivity contribution < 1.29 is 4.42 Å². The first-order chi connectivity index (χ1) is 7.84. The largest absolute Gasteiger partial charge is 0.437 e. The van der Waals surface area contributed by atoms with Crippen LogP contribution in [0, 0.1) is 0 Å². The van der Waals surface area contributed by atoms with E-state index in [1.54, 1.807) is 12.4 Å². The molecule has 78 valence electrons. The van der Waals surface area contributed by atoms with Gasteiger partial charge in [0.25, 0.3) is 0 Å². The highest BCUT2D eigenvalue weighted by molar-refractivity contribution is 5.87. The molecular formula is C11H8N4O. The molecule has 0 aliphatic carbocycles. The van der Waals surface area contributed by atoms with Gasteiger partial charge in [-0.2, -0.15) is 0 Å². The van der Waals surface area contributed by atoms with Crippen LogP contribution in [0.25, 0.3) is 22.4 Å². The van der Waals surface area contributed by atoms with E-state index < -0.39 is 0 Å². The lowest BCUT2D eigenvalue weighted by atomic mass is 10.2. The summed E-state index contributed by atoms with van der Waals surface area (Å²) in [6.07, 6.45) is 4.82. The summed E-state index contributed by atoms with van der Waals surface area (Å²) in [5, 5.41) is 0.723. The lowest BCUT2D eigenvalue weighted by Crippen LogP contribution is -1.89. The fourth-order valence-corrected chi connectivity index (χ4v) is 1.52. The quantitative estimate of drug-likeness (QED) is 0.666. The maximum atomic E-state index is 5.72. The van der Waals surface area contributed by atoms with E-state index in [0.29, 0.717) is 17.3 Å². The second-order valence-corrected chi connectivity index (χ2v) is 3.33. The van der Waals surface area contributed by atoms with Crippen LogP contribution in [0.4, 0.5) is 5.82 Å². The summed E-state index contributed by atoms with van der Waals surface area (Å²) >= 11 is 0. The van der Waals surface area contributed by atoms with Gasteiger partial charge in [0.2, 0.25) is 5.71 Å². The number of rotatable bonds is 1. The molecule has 0 amide bonds. The first kappa shape index (κ1) is 8.84. The fraction of sp³-hybridized carbons (Fsp3) is 0. The molecule has 0 atom stereocenters. The average molecular weight is 212 g/mol. The van der Waals surface area contributed by atoms with Crippen LogP contribution in [0.3, 0.4) is 0 Å². The van der Waals surface area contributed by atoms with Gasteiger partial charge in [0.05, 0.1) is 5.39 Å². The minimum atomic E-state index is 0.420. The molecule has 0 spiro atoms. The highest BCUT2D eigenvalue weighted by atomic mass is 16.3. The van der Waals surface area contributed by atoms with Crippen molar-refractivity contribution in [3.05, 3.63) is 36.9 Å². The summed E-state index contributed by atoms with van der Waals surface area (Å²) in [5.41, 5.74) is 7.10. The van der Waals surface area contributed by atoms with Crippen molar-refractivity contribution in [2.24, 2.45) is 0 Å². The highest BCUT2D eigenvalue weighted by Crippen LogP contribution is 2.27. The summed E-state index contributed by atoms with van der Waals surface area (Å²) in [4.78, 5) is 11.9. The van der Waals surface area contributed by atoms with Gasteiger partial charge >= 0.3 is 0 Å². The van der Waals surface area contributed by atoms with E-state index in [1.165, 1.54) is 6.33 Å². The summed E-state index contributed by atoms with van der Waals surface area (Å²) in [6.45, 7) is 0. The predicted molar refractivity (Wildman–Crippen MR) is 59.4 cm³/mol. The van der Waals surface area contributed by atoms with Crippen LogP contribution < -0.4 is 5.73 Å². The zero-order valence-electron chi connectivity index (χ0n) is 8.29. The number of hydrogen-bond donors (Lipinski definition) is 1. The van der Waals surface area contributed by atoms with Crippen molar-refractivity contribution >= 4 is 16.9 Å². The molecule has 0 saturated carbocycles. The molecule has 16 heavy (non-hydrogen) atoms. The van der Waals surface area contributed by atoms with E-state index in [1.807, 2.05) is 18.2 Å². The molecule has 5 nitrogen and oxygen atoms in total. The molecule has 0 radical (unpaired) electrons. The Bertz CT molecular complexity index is 633. The lowest BCUT2D eigenvalue weighted by molar-refractivity contribution is 0.617. The maximum absolute atomic E-state index is 5.72.